The number of piperazine rings is 1. The minimum Gasteiger partial charge on any atom is -0.465 e. The maximum Gasteiger partial charge on any atom is 0.344 e. The number of hydrogen-bond acceptors (Lipinski definition) is 5. The molecule has 0 N–H and O–H groups in total. The van der Waals surface area contributed by atoms with Crippen molar-refractivity contribution in [3.8, 4) is 0 Å². The molecule has 1 aliphatic heterocycles. The van der Waals surface area contributed by atoms with Crippen LogP contribution in [0.2, 0.25) is 10.0 Å². The van der Waals surface area contributed by atoms with Gasteiger partial charge < -0.3 is 19.4 Å². The Balaban J connectivity index is 2.06. The van der Waals surface area contributed by atoms with Crippen molar-refractivity contribution < 1.29 is 14.3 Å². The van der Waals surface area contributed by atoms with Gasteiger partial charge in [-0.25, -0.2) is 4.79 Å². The molecule has 0 spiro atoms. The van der Waals surface area contributed by atoms with Crippen LogP contribution in [0.5, 0.6) is 0 Å². The molecule has 0 saturated carbocycles. The molecule has 0 radical (unpaired) electrons. The van der Waals surface area contributed by atoms with E-state index in [2.05, 4.69) is 4.90 Å². The van der Waals surface area contributed by atoms with Gasteiger partial charge in [0.1, 0.15) is 5.57 Å². The van der Waals surface area contributed by atoms with E-state index in [-0.39, 0.29) is 11.5 Å². The monoisotopic (exact) mass is 385 g/mol. The van der Waals surface area contributed by atoms with Gasteiger partial charge in [-0.1, -0.05) is 23.2 Å². The standard InChI is InChI=1S/C17H21Cl2N3O3/c1-20(2)11-13(17(24)25-3)16(23)22-8-6-21(7-9-22)12-4-5-14(18)15(19)10-12/h4-5,10-11H,6-9H2,1-3H3/b13-11+. The second kappa shape index (κ2) is 8.45. The number of carbonyl (C=O) groups excluding carboxylic acids is 2. The molecule has 1 heterocycles. The number of nitrogens with zero attached hydrogens (tertiary/aromatic N) is 3. The molecule has 2 rings (SSSR count). The molecule has 1 saturated heterocycles. The molecule has 1 aromatic carbocycles. The predicted molar refractivity (Wildman–Crippen MR) is 99.0 cm³/mol. The number of halogens is 2. The van der Waals surface area contributed by atoms with Crippen LogP contribution in [0.4, 0.5) is 5.69 Å². The Morgan fingerprint density at radius 2 is 1.76 bits per heavy atom. The Morgan fingerprint density at radius 1 is 1.12 bits per heavy atom. The average Bonchev–Trinajstić information content (AvgIpc) is 2.60. The summed E-state index contributed by atoms with van der Waals surface area (Å²) in [7, 11) is 4.76. The number of ether oxygens (including phenoxy) is 1. The molecule has 1 aromatic rings. The zero-order chi connectivity index (χ0) is 18.6. The fourth-order valence-electron chi connectivity index (χ4n) is 2.58. The van der Waals surface area contributed by atoms with E-state index in [0.29, 0.717) is 36.2 Å². The van der Waals surface area contributed by atoms with Crippen LogP contribution in [0.15, 0.2) is 30.0 Å². The van der Waals surface area contributed by atoms with Crippen molar-refractivity contribution in [1.29, 1.82) is 0 Å². The second-order valence-corrected chi connectivity index (χ2v) is 6.69. The number of carbonyl (C=O) groups is 2. The first-order chi connectivity index (χ1) is 11.8. The third-order valence-electron chi connectivity index (χ3n) is 3.86. The number of rotatable bonds is 4. The van der Waals surface area contributed by atoms with Crippen molar-refractivity contribution in [3.05, 3.63) is 40.0 Å². The van der Waals surface area contributed by atoms with Crippen LogP contribution in [0.3, 0.4) is 0 Å². The van der Waals surface area contributed by atoms with Crippen LogP contribution in [-0.2, 0) is 14.3 Å². The first kappa shape index (κ1) is 19.4. The fraction of sp³-hybridized carbons (Fsp3) is 0.412. The van der Waals surface area contributed by atoms with Gasteiger partial charge in [-0.15, -0.1) is 0 Å². The first-order valence-electron chi connectivity index (χ1n) is 7.79. The molecule has 136 valence electrons. The van der Waals surface area contributed by atoms with E-state index in [0.717, 1.165) is 5.69 Å². The number of amides is 1. The highest BCUT2D eigenvalue weighted by molar-refractivity contribution is 6.42. The van der Waals surface area contributed by atoms with Crippen LogP contribution in [0, 0.1) is 0 Å². The minimum atomic E-state index is -0.634. The molecule has 25 heavy (non-hydrogen) atoms. The molecule has 0 atom stereocenters. The van der Waals surface area contributed by atoms with Crippen LogP contribution in [0.25, 0.3) is 0 Å². The van der Waals surface area contributed by atoms with Crippen molar-refractivity contribution >= 4 is 40.8 Å². The SMILES string of the molecule is COC(=O)/C(=C/N(C)C)C(=O)N1CCN(c2ccc(Cl)c(Cl)c2)CC1. The Kier molecular flexibility index (Phi) is 6.56. The lowest BCUT2D eigenvalue weighted by Crippen LogP contribution is -2.50. The lowest BCUT2D eigenvalue weighted by atomic mass is 10.2. The number of esters is 1. The van der Waals surface area contributed by atoms with E-state index in [1.807, 2.05) is 12.1 Å². The van der Waals surface area contributed by atoms with Crippen LogP contribution >= 0.6 is 23.2 Å². The highest BCUT2D eigenvalue weighted by Gasteiger charge is 2.28. The van der Waals surface area contributed by atoms with Gasteiger partial charge in [0.05, 0.1) is 17.2 Å². The van der Waals surface area contributed by atoms with Crippen molar-refractivity contribution in [2.24, 2.45) is 0 Å². The van der Waals surface area contributed by atoms with E-state index in [9.17, 15) is 9.59 Å². The van der Waals surface area contributed by atoms with Gasteiger partial charge in [0.2, 0.25) is 0 Å². The summed E-state index contributed by atoms with van der Waals surface area (Å²) in [6, 6.07) is 5.47. The molecular formula is C17H21Cl2N3O3. The number of hydrogen-bond donors (Lipinski definition) is 0. The van der Waals surface area contributed by atoms with Gasteiger partial charge in [-0.2, -0.15) is 0 Å². The normalized spacial score (nSPS) is 15.2. The third kappa shape index (κ3) is 4.80. The summed E-state index contributed by atoms with van der Waals surface area (Å²) in [5, 5.41) is 1.01. The van der Waals surface area contributed by atoms with Gasteiger partial charge >= 0.3 is 5.97 Å². The summed E-state index contributed by atoms with van der Waals surface area (Å²) in [4.78, 5) is 30.0. The van der Waals surface area contributed by atoms with E-state index < -0.39 is 5.97 Å². The summed E-state index contributed by atoms with van der Waals surface area (Å²) in [6.45, 7) is 2.28. The van der Waals surface area contributed by atoms with Gasteiger partial charge in [0.15, 0.2) is 0 Å². The number of anilines is 1. The average molecular weight is 386 g/mol. The number of benzene rings is 1. The Bertz CT molecular complexity index is 684. The maximum absolute atomic E-state index is 12.6. The summed E-state index contributed by atoms with van der Waals surface area (Å²) in [5.74, 6) is -0.958. The fourth-order valence-corrected chi connectivity index (χ4v) is 2.88. The molecule has 0 bridgehead atoms. The molecule has 1 aliphatic rings. The molecule has 0 unspecified atom stereocenters. The van der Waals surface area contributed by atoms with Crippen molar-refractivity contribution in [1.82, 2.24) is 9.80 Å². The Labute approximate surface area is 157 Å². The highest BCUT2D eigenvalue weighted by atomic mass is 35.5. The molecule has 8 heteroatoms. The summed E-state index contributed by atoms with van der Waals surface area (Å²) < 4.78 is 4.72. The summed E-state index contributed by atoms with van der Waals surface area (Å²) >= 11 is 12.0. The van der Waals surface area contributed by atoms with Crippen LogP contribution in [0.1, 0.15) is 0 Å². The first-order valence-corrected chi connectivity index (χ1v) is 8.55. The molecule has 1 amide bonds. The van der Waals surface area contributed by atoms with E-state index in [4.69, 9.17) is 27.9 Å². The lowest BCUT2D eigenvalue weighted by Gasteiger charge is -2.36. The van der Waals surface area contributed by atoms with Crippen molar-refractivity contribution in [2.45, 2.75) is 0 Å². The quantitative estimate of drug-likeness (QED) is 0.344. The summed E-state index contributed by atoms with van der Waals surface area (Å²) in [5.41, 5.74) is 0.981. The van der Waals surface area contributed by atoms with E-state index >= 15 is 0 Å². The zero-order valence-electron chi connectivity index (χ0n) is 14.5. The lowest BCUT2D eigenvalue weighted by molar-refractivity contribution is -0.140. The van der Waals surface area contributed by atoms with E-state index in [1.165, 1.54) is 13.3 Å². The van der Waals surface area contributed by atoms with Gasteiger partial charge in [-0.3, -0.25) is 4.79 Å². The van der Waals surface area contributed by atoms with Gasteiger partial charge in [-0.05, 0) is 18.2 Å². The zero-order valence-corrected chi connectivity index (χ0v) is 16.0. The summed E-state index contributed by atoms with van der Waals surface area (Å²) in [6.07, 6.45) is 1.49. The van der Waals surface area contributed by atoms with Gasteiger partial charge in [0, 0.05) is 52.2 Å². The Morgan fingerprint density at radius 3 is 2.28 bits per heavy atom. The third-order valence-corrected chi connectivity index (χ3v) is 4.60. The topological polar surface area (TPSA) is 53.1 Å². The minimum absolute atomic E-state index is 0.0236. The van der Waals surface area contributed by atoms with Crippen LogP contribution < -0.4 is 4.90 Å². The van der Waals surface area contributed by atoms with E-state index in [1.54, 1.807) is 30.0 Å². The van der Waals surface area contributed by atoms with Crippen molar-refractivity contribution in [2.75, 3.05) is 52.3 Å². The molecular weight excluding hydrogens is 365 g/mol. The highest BCUT2D eigenvalue weighted by Crippen LogP contribution is 2.27. The van der Waals surface area contributed by atoms with Crippen LogP contribution in [-0.4, -0.2) is 69.1 Å². The predicted octanol–water partition coefficient (Wildman–Crippen LogP) is 2.26. The molecule has 6 nitrogen and oxygen atoms in total. The van der Waals surface area contributed by atoms with Gasteiger partial charge in [0.25, 0.3) is 5.91 Å². The van der Waals surface area contributed by atoms with Crippen molar-refractivity contribution in [3.63, 3.8) is 0 Å². The molecule has 0 aliphatic carbocycles. The molecule has 0 aromatic heterocycles. The second-order valence-electron chi connectivity index (χ2n) is 5.88. The molecule has 1 fully saturated rings. The maximum atomic E-state index is 12.6. The largest absolute Gasteiger partial charge is 0.465 e. The smallest absolute Gasteiger partial charge is 0.344 e. The number of methoxy groups -OCH3 is 1. The Hall–Kier alpha value is -1.92.